The highest BCUT2D eigenvalue weighted by atomic mass is 32.1. The smallest absolute Gasteiger partial charge is 0.404 e. The van der Waals surface area contributed by atoms with Gasteiger partial charge in [0, 0.05) is 25.8 Å². The minimum atomic E-state index is -1.26. The van der Waals surface area contributed by atoms with Gasteiger partial charge in [0.25, 0.3) is 0 Å². The van der Waals surface area contributed by atoms with Crippen LogP contribution in [0.25, 0.3) is 10.4 Å². The lowest BCUT2D eigenvalue weighted by Gasteiger charge is -2.35. The summed E-state index contributed by atoms with van der Waals surface area (Å²) < 4.78 is 20.8. The molecule has 2 aromatic carbocycles. The molecule has 16 heteroatoms. The molecule has 2 heterocycles. The van der Waals surface area contributed by atoms with E-state index in [-0.39, 0.29) is 56.7 Å². The van der Waals surface area contributed by atoms with E-state index in [1.807, 2.05) is 58.9 Å². The zero-order valence-corrected chi connectivity index (χ0v) is 34.9. The second-order valence-corrected chi connectivity index (χ2v) is 16.9. The number of primary amides is 1. The SMILES string of the molecule is Cc1ncsc1-c1ccc(C(C)NC(=O)[C@@H]2C[C@@H](O)CN2C(=O)C(NC(=O)CCCCc2ccc(COC(C)C(CCC(N)=O)NC(=O)O)cc2F)C(C)(C)C)cc1. The summed E-state index contributed by atoms with van der Waals surface area (Å²) in [7, 11) is 0. The Bertz CT molecular complexity index is 1900. The Balaban J connectivity index is 1.27. The maximum absolute atomic E-state index is 15.0. The third-order valence-electron chi connectivity index (χ3n) is 10.4. The van der Waals surface area contributed by atoms with E-state index >= 15 is 4.39 Å². The number of ether oxygens (including phenoxy) is 1. The summed E-state index contributed by atoms with van der Waals surface area (Å²) >= 11 is 1.56. The lowest BCUT2D eigenvalue weighted by Crippen LogP contribution is -2.57. The van der Waals surface area contributed by atoms with Crippen LogP contribution < -0.4 is 21.7 Å². The lowest BCUT2D eigenvalue weighted by atomic mass is 9.85. The topological polar surface area (TPSA) is 213 Å². The molecule has 0 spiro atoms. The fourth-order valence-corrected chi connectivity index (χ4v) is 7.77. The number of unbranched alkanes of at least 4 members (excludes halogenated alkanes) is 1. The molecule has 4 unspecified atom stereocenters. The molecule has 14 nitrogen and oxygen atoms in total. The number of carbonyl (C=O) groups excluding carboxylic acids is 4. The number of hydrogen-bond donors (Lipinski definition) is 6. The van der Waals surface area contributed by atoms with Gasteiger partial charge in [0.05, 0.1) is 47.0 Å². The van der Waals surface area contributed by atoms with E-state index in [0.717, 1.165) is 21.7 Å². The number of β-amino-alcohol motifs (C(OH)–C–C–N with tert-alkyl or cyclic N) is 1. The van der Waals surface area contributed by atoms with Gasteiger partial charge < -0.3 is 41.5 Å². The zero-order valence-electron chi connectivity index (χ0n) is 34.0. The van der Waals surface area contributed by atoms with Crippen LogP contribution in [0.2, 0.25) is 0 Å². The van der Waals surface area contributed by atoms with Crippen LogP contribution in [-0.2, 0) is 36.9 Å². The Morgan fingerprint density at radius 2 is 1.74 bits per heavy atom. The summed E-state index contributed by atoms with van der Waals surface area (Å²) in [4.78, 5) is 69.9. The third-order valence-corrected chi connectivity index (χ3v) is 11.3. The standard InChI is InChI=1S/C42H57FN6O8S/c1-24(28-13-15-30(16-14-28)37-25(2)45-23-58-37)46-39(53)34-20-31(50)21-49(34)40(54)38(42(4,5)6)48-36(52)10-8-7-9-29-12-11-27(19-32(29)43)22-57-26(3)33(47-41(55)56)17-18-35(44)51/h11-16,19,23-24,26,31,33-34,38,47,50H,7-10,17-18,20-22H2,1-6H3,(H2,44,51)(H,46,53)(H,48,52)(H,55,56)/t24?,26?,31-,33?,34+,38?/m1/s1. The van der Waals surface area contributed by atoms with Crippen LogP contribution in [0.1, 0.15) is 102 Å². The summed E-state index contributed by atoms with van der Waals surface area (Å²) in [6.07, 6.45) is -1.15. The van der Waals surface area contributed by atoms with E-state index < -0.39 is 59.5 Å². The van der Waals surface area contributed by atoms with E-state index in [4.69, 9.17) is 15.6 Å². The first-order chi connectivity index (χ1) is 27.3. The average molecular weight is 825 g/mol. The van der Waals surface area contributed by atoms with Crippen molar-refractivity contribution in [2.75, 3.05) is 6.54 Å². The molecule has 1 fully saturated rings. The number of halogens is 1. The van der Waals surface area contributed by atoms with Crippen molar-refractivity contribution in [3.8, 4) is 10.4 Å². The molecule has 0 aliphatic carbocycles. The van der Waals surface area contributed by atoms with Crippen molar-refractivity contribution >= 4 is 41.1 Å². The van der Waals surface area contributed by atoms with Gasteiger partial charge >= 0.3 is 6.09 Å². The minimum absolute atomic E-state index is 0.0185. The number of benzene rings is 2. The molecular weight excluding hydrogens is 768 g/mol. The Kier molecular flexibility index (Phi) is 16.3. The lowest BCUT2D eigenvalue weighted by molar-refractivity contribution is -0.144. The molecule has 5 amide bonds. The van der Waals surface area contributed by atoms with Crippen LogP contribution in [-0.4, -0.2) is 86.7 Å². The van der Waals surface area contributed by atoms with Gasteiger partial charge in [-0.05, 0) is 80.2 Å². The molecule has 6 atom stereocenters. The van der Waals surface area contributed by atoms with Gasteiger partial charge in [-0.3, -0.25) is 19.2 Å². The molecule has 4 rings (SSSR count). The Morgan fingerprint density at radius 3 is 2.34 bits per heavy atom. The highest BCUT2D eigenvalue weighted by Gasteiger charge is 2.44. The highest BCUT2D eigenvalue weighted by Crippen LogP contribution is 2.30. The first-order valence-corrected chi connectivity index (χ1v) is 20.5. The van der Waals surface area contributed by atoms with Gasteiger partial charge in [-0.15, -0.1) is 11.3 Å². The Labute approximate surface area is 343 Å². The number of rotatable bonds is 19. The van der Waals surface area contributed by atoms with Crippen molar-refractivity contribution < 1.29 is 43.3 Å². The number of aryl methyl sites for hydroxylation is 2. The quantitative estimate of drug-likeness (QED) is 0.0882. The number of nitrogens with zero attached hydrogens (tertiary/aromatic N) is 2. The van der Waals surface area contributed by atoms with Gasteiger partial charge in [-0.2, -0.15) is 0 Å². The van der Waals surface area contributed by atoms with Gasteiger partial charge in [0.15, 0.2) is 0 Å². The zero-order chi connectivity index (χ0) is 42.7. The first-order valence-electron chi connectivity index (χ1n) is 19.6. The molecule has 1 aromatic heterocycles. The van der Waals surface area contributed by atoms with Crippen LogP contribution in [0, 0.1) is 18.2 Å². The number of nitrogens with two attached hydrogens (primary N) is 1. The number of carboxylic acid groups (broad SMARTS) is 1. The maximum Gasteiger partial charge on any atom is 0.404 e. The monoisotopic (exact) mass is 824 g/mol. The summed E-state index contributed by atoms with van der Waals surface area (Å²) in [6.45, 7) is 10.9. The van der Waals surface area contributed by atoms with Crippen molar-refractivity contribution in [1.82, 2.24) is 25.8 Å². The van der Waals surface area contributed by atoms with Crippen molar-refractivity contribution in [3.05, 3.63) is 76.2 Å². The molecule has 1 aliphatic heterocycles. The fraction of sp³-hybridized carbons (Fsp3) is 0.524. The van der Waals surface area contributed by atoms with Crippen molar-refractivity contribution in [2.24, 2.45) is 11.1 Å². The number of likely N-dealkylation sites (tertiary alicyclic amines) is 1. The molecule has 0 saturated carbocycles. The summed E-state index contributed by atoms with van der Waals surface area (Å²) in [5.41, 5.74) is 10.2. The van der Waals surface area contributed by atoms with Crippen LogP contribution in [0.3, 0.4) is 0 Å². The number of aliphatic hydroxyl groups is 1. The molecular formula is C42H57FN6O8S. The normalized spacial score (nSPS) is 17.6. The van der Waals surface area contributed by atoms with Gasteiger partial charge in [-0.25, -0.2) is 14.2 Å². The molecule has 7 N–H and O–H groups in total. The molecule has 0 bridgehead atoms. The fourth-order valence-electron chi connectivity index (χ4n) is 6.96. The molecule has 3 aromatic rings. The van der Waals surface area contributed by atoms with Gasteiger partial charge in [0.2, 0.25) is 23.6 Å². The molecule has 58 heavy (non-hydrogen) atoms. The largest absolute Gasteiger partial charge is 0.465 e. The number of aliphatic hydroxyl groups excluding tert-OH is 1. The Hall–Kier alpha value is -4.93. The number of carbonyl (C=O) groups is 5. The van der Waals surface area contributed by atoms with Crippen LogP contribution in [0.15, 0.2) is 48.0 Å². The van der Waals surface area contributed by atoms with E-state index in [0.29, 0.717) is 30.4 Å². The predicted molar refractivity (Wildman–Crippen MR) is 218 cm³/mol. The van der Waals surface area contributed by atoms with Gasteiger partial charge in [-0.1, -0.05) is 57.2 Å². The maximum atomic E-state index is 15.0. The summed E-state index contributed by atoms with van der Waals surface area (Å²) in [6, 6.07) is 9.65. The van der Waals surface area contributed by atoms with Crippen LogP contribution in [0.4, 0.5) is 9.18 Å². The minimum Gasteiger partial charge on any atom is -0.465 e. The summed E-state index contributed by atoms with van der Waals surface area (Å²) in [5, 5.41) is 27.9. The van der Waals surface area contributed by atoms with Gasteiger partial charge in [0.1, 0.15) is 17.9 Å². The third kappa shape index (κ3) is 13.0. The number of hydrogen-bond acceptors (Lipinski definition) is 9. The van der Waals surface area contributed by atoms with E-state index in [1.54, 1.807) is 35.9 Å². The average Bonchev–Trinajstić information content (AvgIpc) is 3.77. The predicted octanol–water partition coefficient (Wildman–Crippen LogP) is 5.15. The number of thiazole rings is 1. The van der Waals surface area contributed by atoms with Crippen LogP contribution in [0.5, 0.6) is 0 Å². The second kappa shape index (κ2) is 20.7. The molecule has 1 saturated heterocycles. The van der Waals surface area contributed by atoms with Crippen LogP contribution >= 0.6 is 11.3 Å². The van der Waals surface area contributed by atoms with E-state index in [1.165, 1.54) is 11.0 Å². The summed E-state index contributed by atoms with van der Waals surface area (Å²) in [5.74, 6) is -2.19. The Morgan fingerprint density at radius 1 is 1.03 bits per heavy atom. The van der Waals surface area contributed by atoms with Crippen molar-refractivity contribution in [1.29, 1.82) is 0 Å². The second-order valence-electron chi connectivity index (χ2n) is 16.1. The molecule has 0 radical (unpaired) electrons. The van der Waals surface area contributed by atoms with Crippen molar-refractivity contribution in [3.63, 3.8) is 0 Å². The molecule has 316 valence electrons. The first kappa shape index (κ1) is 45.8. The van der Waals surface area contributed by atoms with E-state index in [2.05, 4.69) is 20.9 Å². The molecule has 1 aliphatic rings. The van der Waals surface area contributed by atoms with Crippen molar-refractivity contribution in [2.45, 2.75) is 129 Å². The highest BCUT2D eigenvalue weighted by molar-refractivity contribution is 7.13. The number of aromatic nitrogens is 1. The number of amides is 5. The van der Waals surface area contributed by atoms with E-state index in [9.17, 15) is 29.1 Å². The number of nitrogens with one attached hydrogen (secondary N) is 3.